The van der Waals surface area contributed by atoms with Crippen molar-refractivity contribution in [3.05, 3.63) is 52.1 Å². The van der Waals surface area contributed by atoms with Crippen LogP contribution in [0.4, 0.5) is 5.13 Å². The van der Waals surface area contributed by atoms with Crippen LogP contribution in [0, 0.1) is 13.8 Å². The van der Waals surface area contributed by atoms with Gasteiger partial charge < -0.3 is 5.32 Å². The molecule has 0 amide bonds. The summed E-state index contributed by atoms with van der Waals surface area (Å²) in [6, 6.07) is 10.3. The summed E-state index contributed by atoms with van der Waals surface area (Å²) in [6.45, 7) is 4.88. The van der Waals surface area contributed by atoms with Crippen molar-refractivity contribution in [3.63, 3.8) is 0 Å². The molecular formula is C15H15N3S2. The van der Waals surface area contributed by atoms with E-state index in [1.54, 1.807) is 22.7 Å². The van der Waals surface area contributed by atoms with Gasteiger partial charge in [0.1, 0.15) is 0 Å². The number of thiazole rings is 2. The first-order valence-corrected chi connectivity index (χ1v) is 8.03. The molecule has 0 aliphatic rings. The molecule has 1 N–H and O–H groups in total. The molecule has 0 bridgehead atoms. The van der Waals surface area contributed by atoms with E-state index in [0.29, 0.717) is 0 Å². The van der Waals surface area contributed by atoms with Gasteiger partial charge in [-0.1, -0.05) is 41.7 Å². The average molecular weight is 301 g/mol. The van der Waals surface area contributed by atoms with Crippen molar-refractivity contribution in [1.29, 1.82) is 0 Å². The van der Waals surface area contributed by atoms with E-state index >= 15 is 0 Å². The van der Waals surface area contributed by atoms with Crippen LogP contribution in [0.15, 0.2) is 36.5 Å². The van der Waals surface area contributed by atoms with Crippen molar-refractivity contribution < 1.29 is 0 Å². The molecule has 0 saturated heterocycles. The fourth-order valence-corrected chi connectivity index (χ4v) is 3.64. The number of hydrogen-bond donors (Lipinski definition) is 1. The quantitative estimate of drug-likeness (QED) is 0.771. The second-order valence-electron chi connectivity index (χ2n) is 4.49. The number of nitrogens with one attached hydrogen (secondary N) is 1. The van der Waals surface area contributed by atoms with Crippen LogP contribution in [0.25, 0.3) is 10.4 Å². The Morgan fingerprint density at radius 2 is 1.90 bits per heavy atom. The van der Waals surface area contributed by atoms with Crippen LogP contribution in [0.2, 0.25) is 0 Å². The van der Waals surface area contributed by atoms with E-state index in [2.05, 4.69) is 34.3 Å². The van der Waals surface area contributed by atoms with Gasteiger partial charge in [-0.3, -0.25) is 0 Å². The van der Waals surface area contributed by atoms with Crippen molar-refractivity contribution in [1.82, 2.24) is 9.97 Å². The molecule has 102 valence electrons. The summed E-state index contributed by atoms with van der Waals surface area (Å²) < 4.78 is 0. The highest BCUT2D eigenvalue weighted by atomic mass is 32.1. The summed E-state index contributed by atoms with van der Waals surface area (Å²) in [6.07, 6.45) is 1.92. The fourth-order valence-electron chi connectivity index (χ4n) is 1.99. The minimum atomic E-state index is 0.734. The molecule has 3 aromatic rings. The topological polar surface area (TPSA) is 37.8 Å². The Balaban J connectivity index is 1.70. The predicted octanol–water partition coefficient (Wildman–Crippen LogP) is 4.50. The zero-order valence-corrected chi connectivity index (χ0v) is 13.0. The number of nitrogens with zero attached hydrogens (tertiary/aromatic N) is 2. The third-order valence-corrected chi connectivity index (χ3v) is 4.90. The van der Waals surface area contributed by atoms with E-state index < -0.39 is 0 Å². The lowest BCUT2D eigenvalue weighted by atomic mass is 10.2. The number of rotatable bonds is 4. The molecule has 0 spiro atoms. The van der Waals surface area contributed by atoms with Crippen LogP contribution < -0.4 is 5.32 Å². The number of aromatic nitrogens is 2. The van der Waals surface area contributed by atoms with E-state index in [-0.39, 0.29) is 0 Å². The highest BCUT2D eigenvalue weighted by Gasteiger charge is 2.07. The lowest BCUT2D eigenvalue weighted by Crippen LogP contribution is -2.00. The Bertz CT molecular complexity index is 701. The maximum absolute atomic E-state index is 4.52. The van der Waals surface area contributed by atoms with Gasteiger partial charge in [-0.25, -0.2) is 9.97 Å². The molecule has 2 heterocycles. The Morgan fingerprint density at radius 3 is 2.60 bits per heavy atom. The molecule has 0 aliphatic carbocycles. The zero-order valence-electron chi connectivity index (χ0n) is 11.4. The average Bonchev–Trinajstić information content (AvgIpc) is 3.04. The number of benzene rings is 1. The number of hydrogen-bond acceptors (Lipinski definition) is 5. The summed E-state index contributed by atoms with van der Waals surface area (Å²) in [5, 5.41) is 5.41. The summed E-state index contributed by atoms with van der Waals surface area (Å²) in [4.78, 5) is 11.4. The zero-order chi connectivity index (χ0) is 13.9. The summed E-state index contributed by atoms with van der Waals surface area (Å²) in [5.74, 6) is 0. The first kappa shape index (κ1) is 13.3. The summed E-state index contributed by atoms with van der Waals surface area (Å²) >= 11 is 3.41. The van der Waals surface area contributed by atoms with Gasteiger partial charge in [0, 0.05) is 11.1 Å². The van der Waals surface area contributed by atoms with Crippen molar-refractivity contribution in [2.45, 2.75) is 20.4 Å². The molecule has 0 fully saturated rings. The molecule has 2 aromatic heterocycles. The number of anilines is 1. The molecule has 3 rings (SSSR count). The Hall–Kier alpha value is -1.72. The molecule has 0 aliphatic heterocycles. The lowest BCUT2D eigenvalue weighted by molar-refractivity contribution is 1.03. The van der Waals surface area contributed by atoms with E-state index in [0.717, 1.165) is 22.4 Å². The fraction of sp³-hybridized carbons (Fsp3) is 0.200. The van der Waals surface area contributed by atoms with Crippen LogP contribution in [0.1, 0.15) is 15.6 Å². The molecule has 0 saturated carbocycles. The van der Waals surface area contributed by atoms with E-state index in [1.807, 2.05) is 31.3 Å². The number of aryl methyl sites for hydroxylation is 2. The maximum Gasteiger partial charge on any atom is 0.183 e. The van der Waals surface area contributed by atoms with Gasteiger partial charge in [-0.15, -0.1) is 11.3 Å². The van der Waals surface area contributed by atoms with Crippen LogP contribution >= 0.6 is 22.7 Å². The smallest absolute Gasteiger partial charge is 0.183 e. The Kier molecular flexibility index (Phi) is 3.80. The van der Waals surface area contributed by atoms with Gasteiger partial charge in [-0.2, -0.15) is 0 Å². The van der Waals surface area contributed by atoms with Crippen molar-refractivity contribution in [2.75, 3.05) is 5.32 Å². The first-order valence-electron chi connectivity index (χ1n) is 6.40. The van der Waals surface area contributed by atoms with Gasteiger partial charge in [0.2, 0.25) is 0 Å². The highest BCUT2D eigenvalue weighted by molar-refractivity contribution is 7.18. The molecule has 0 atom stereocenters. The van der Waals surface area contributed by atoms with Gasteiger partial charge in [0.05, 0.1) is 22.1 Å². The van der Waals surface area contributed by atoms with E-state index in [4.69, 9.17) is 0 Å². The summed E-state index contributed by atoms with van der Waals surface area (Å²) in [5.41, 5.74) is 2.32. The molecular weight excluding hydrogens is 286 g/mol. The van der Waals surface area contributed by atoms with E-state index in [1.165, 1.54) is 15.3 Å². The highest BCUT2D eigenvalue weighted by Crippen LogP contribution is 2.29. The van der Waals surface area contributed by atoms with Crippen molar-refractivity contribution in [2.24, 2.45) is 0 Å². The van der Waals surface area contributed by atoms with Crippen LogP contribution in [0.3, 0.4) is 0 Å². The van der Waals surface area contributed by atoms with Gasteiger partial charge >= 0.3 is 0 Å². The molecule has 20 heavy (non-hydrogen) atoms. The molecule has 0 unspecified atom stereocenters. The minimum absolute atomic E-state index is 0.734. The van der Waals surface area contributed by atoms with Gasteiger partial charge in [0.25, 0.3) is 0 Å². The third kappa shape index (κ3) is 2.89. The maximum atomic E-state index is 4.52. The minimum Gasteiger partial charge on any atom is -0.356 e. The standard InChI is InChI=1S/C15H15N3S2/c1-10-13(18-11(2)19-10)8-16-15-17-9-14(20-15)12-6-4-3-5-7-12/h3-7,9H,8H2,1-2H3,(H,16,17). The first-order chi connectivity index (χ1) is 9.72. The van der Waals surface area contributed by atoms with E-state index in [9.17, 15) is 0 Å². The Labute approximate surface area is 126 Å². The predicted molar refractivity (Wildman–Crippen MR) is 86.5 cm³/mol. The molecule has 0 radical (unpaired) electrons. The molecule has 5 heteroatoms. The monoisotopic (exact) mass is 301 g/mol. The third-order valence-electron chi connectivity index (χ3n) is 2.97. The van der Waals surface area contributed by atoms with Crippen LogP contribution in [-0.4, -0.2) is 9.97 Å². The van der Waals surface area contributed by atoms with Gasteiger partial charge in [-0.05, 0) is 19.4 Å². The molecule has 1 aromatic carbocycles. The van der Waals surface area contributed by atoms with Gasteiger partial charge in [0.15, 0.2) is 5.13 Å². The summed E-state index contributed by atoms with van der Waals surface area (Å²) in [7, 11) is 0. The van der Waals surface area contributed by atoms with Crippen molar-refractivity contribution in [3.8, 4) is 10.4 Å². The van der Waals surface area contributed by atoms with Crippen molar-refractivity contribution >= 4 is 27.8 Å². The molecule has 3 nitrogen and oxygen atoms in total. The van der Waals surface area contributed by atoms with Crippen LogP contribution in [0.5, 0.6) is 0 Å². The Morgan fingerprint density at radius 1 is 1.10 bits per heavy atom. The van der Waals surface area contributed by atoms with Crippen LogP contribution in [-0.2, 0) is 6.54 Å². The second-order valence-corrected chi connectivity index (χ2v) is 6.92. The lowest BCUT2D eigenvalue weighted by Gasteiger charge is -2.00. The normalized spacial score (nSPS) is 10.7. The SMILES string of the molecule is Cc1nc(CNc2ncc(-c3ccccc3)s2)c(C)s1. The largest absolute Gasteiger partial charge is 0.356 e. The second kappa shape index (κ2) is 5.73.